The minimum absolute atomic E-state index is 0.402. The van der Waals surface area contributed by atoms with Crippen LogP contribution in [0.15, 0.2) is 39.4 Å². The molecular weight excluding hydrogens is 383 g/mol. The van der Waals surface area contributed by atoms with Crippen LogP contribution in [0.3, 0.4) is 0 Å². The Kier molecular flexibility index (Phi) is 4.61. The Morgan fingerprint density at radius 2 is 2.06 bits per heavy atom. The number of benzene rings is 1. The second-order valence-electron chi connectivity index (χ2n) is 3.50. The molecular formula is C12H9Br2ClN2O. The molecule has 2 aromatic rings. The molecule has 6 heteroatoms. The van der Waals surface area contributed by atoms with E-state index in [0.717, 1.165) is 14.5 Å². The van der Waals surface area contributed by atoms with Crippen molar-refractivity contribution in [2.45, 2.75) is 6.54 Å². The lowest BCUT2D eigenvalue weighted by molar-refractivity contribution is 0.459. The van der Waals surface area contributed by atoms with Gasteiger partial charge in [-0.25, -0.2) is 4.98 Å². The molecule has 2 rings (SSSR count). The number of hydrogen-bond donors (Lipinski definition) is 1. The van der Waals surface area contributed by atoms with Crippen molar-refractivity contribution in [3.63, 3.8) is 0 Å². The number of rotatable bonds is 3. The molecule has 0 fully saturated rings. The highest BCUT2D eigenvalue weighted by molar-refractivity contribution is 9.11. The monoisotopic (exact) mass is 390 g/mol. The van der Waals surface area contributed by atoms with Crippen LogP contribution in [-0.4, -0.2) is 4.98 Å². The Morgan fingerprint density at radius 3 is 2.67 bits per heavy atom. The van der Waals surface area contributed by atoms with Crippen molar-refractivity contribution < 1.29 is 4.74 Å². The number of nitrogens with two attached hydrogens (primary N) is 1. The average molecular weight is 392 g/mol. The first-order valence-corrected chi connectivity index (χ1v) is 7.04. The summed E-state index contributed by atoms with van der Waals surface area (Å²) in [6, 6.07) is 7.23. The first-order chi connectivity index (χ1) is 8.60. The second-order valence-corrected chi connectivity index (χ2v) is 5.68. The topological polar surface area (TPSA) is 48.1 Å². The summed E-state index contributed by atoms with van der Waals surface area (Å²) < 4.78 is 7.27. The molecule has 0 atom stereocenters. The van der Waals surface area contributed by atoms with Gasteiger partial charge in [0.25, 0.3) is 0 Å². The maximum atomic E-state index is 6.06. The fraction of sp³-hybridized carbons (Fsp3) is 0.0833. The largest absolute Gasteiger partial charge is 0.438 e. The van der Waals surface area contributed by atoms with Gasteiger partial charge in [-0.15, -0.1) is 0 Å². The zero-order valence-corrected chi connectivity index (χ0v) is 13.1. The minimum atomic E-state index is 0.402. The number of nitrogens with zero attached hydrogens (tertiary/aromatic N) is 1. The Bertz CT molecular complexity index is 578. The van der Waals surface area contributed by atoms with Crippen molar-refractivity contribution >= 4 is 43.5 Å². The summed E-state index contributed by atoms with van der Waals surface area (Å²) in [6.07, 6.45) is 1.66. The molecule has 0 bridgehead atoms. The van der Waals surface area contributed by atoms with E-state index < -0.39 is 0 Å². The molecule has 94 valence electrons. The molecule has 0 spiro atoms. The summed E-state index contributed by atoms with van der Waals surface area (Å²) in [6.45, 7) is 0.402. The molecule has 1 aromatic heterocycles. The second kappa shape index (κ2) is 6.02. The lowest BCUT2D eigenvalue weighted by Crippen LogP contribution is -1.97. The molecule has 0 amide bonds. The van der Waals surface area contributed by atoms with Gasteiger partial charge in [0.2, 0.25) is 5.88 Å². The Labute approximate surface area is 127 Å². The highest BCUT2D eigenvalue weighted by Gasteiger charge is 2.07. The summed E-state index contributed by atoms with van der Waals surface area (Å²) in [5, 5.41) is 0.586. The number of ether oxygens (including phenoxy) is 1. The molecule has 1 heterocycles. The zero-order chi connectivity index (χ0) is 13.1. The van der Waals surface area contributed by atoms with Gasteiger partial charge in [0, 0.05) is 22.2 Å². The van der Waals surface area contributed by atoms with Crippen LogP contribution in [-0.2, 0) is 6.54 Å². The van der Waals surface area contributed by atoms with E-state index in [1.165, 1.54) is 0 Å². The third-order valence-corrected chi connectivity index (χ3v) is 3.59. The van der Waals surface area contributed by atoms with E-state index in [9.17, 15) is 0 Å². The first-order valence-electron chi connectivity index (χ1n) is 5.07. The average Bonchev–Trinajstić information content (AvgIpc) is 2.33. The van der Waals surface area contributed by atoms with Gasteiger partial charge in [-0.1, -0.05) is 17.7 Å². The standard InChI is InChI=1S/C12H9Br2ClN2O/c13-8-3-10(14)12(17-6-8)18-9-2-1-7(5-16)11(15)4-9/h1-4,6H,5,16H2. The van der Waals surface area contributed by atoms with Gasteiger partial charge in [-0.3, -0.25) is 0 Å². The van der Waals surface area contributed by atoms with Crippen LogP contribution in [0.5, 0.6) is 11.6 Å². The van der Waals surface area contributed by atoms with Crippen LogP contribution in [0, 0.1) is 0 Å². The third kappa shape index (κ3) is 3.23. The van der Waals surface area contributed by atoms with E-state index in [1.807, 2.05) is 18.2 Å². The van der Waals surface area contributed by atoms with Crippen LogP contribution in [0.25, 0.3) is 0 Å². The van der Waals surface area contributed by atoms with Crippen molar-refractivity contribution in [3.8, 4) is 11.6 Å². The van der Waals surface area contributed by atoms with Gasteiger partial charge in [0.1, 0.15) is 5.75 Å². The predicted molar refractivity (Wildman–Crippen MR) is 79.1 cm³/mol. The van der Waals surface area contributed by atoms with E-state index in [-0.39, 0.29) is 0 Å². The fourth-order valence-corrected chi connectivity index (χ4v) is 2.66. The Hall–Kier alpha value is -0.620. The Morgan fingerprint density at radius 1 is 1.28 bits per heavy atom. The smallest absolute Gasteiger partial charge is 0.233 e. The van der Waals surface area contributed by atoms with Crippen LogP contribution < -0.4 is 10.5 Å². The molecule has 2 N–H and O–H groups in total. The fourth-order valence-electron chi connectivity index (χ4n) is 1.35. The summed E-state index contributed by atoms with van der Waals surface area (Å²) in [5.74, 6) is 1.10. The van der Waals surface area contributed by atoms with Crippen LogP contribution in [0.1, 0.15) is 5.56 Å². The molecule has 18 heavy (non-hydrogen) atoms. The lowest BCUT2D eigenvalue weighted by atomic mass is 10.2. The highest BCUT2D eigenvalue weighted by atomic mass is 79.9. The van der Waals surface area contributed by atoms with Crippen molar-refractivity contribution in [1.82, 2.24) is 4.98 Å². The molecule has 0 unspecified atom stereocenters. The van der Waals surface area contributed by atoms with Crippen molar-refractivity contribution in [2.24, 2.45) is 5.73 Å². The summed E-state index contributed by atoms with van der Waals surface area (Å²) in [7, 11) is 0. The van der Waals surface area contributed by atoms with Crippen molar-refractivity contribution in [3.05, 3.63) is 50.0 Å². The molecule has 0 aliphatic carbocycles. The van der Waals surface area contributed by atoms with Gasteiger partial charge < -0.3 is 10.5 Å². The van der Waals surface area contributed by atoms with Crippen molar-refractivity contribution in [2.75, 3.05) is 0 Å². The molecule has 3 nitrogen and oxygen atoms in total. The normalized spacial score (nSPS) is 10.4. The molecule has 0 saturated carbocycles. The maximum absolute atomic E-state index is 6.06. The van der Waals surface area contributed by atoms with Crippen LogP contribution >= 0.6 is 43.5 Å². The van der Waals surface area contributed by atoms with E-state index in [0.29, 0.717) is 23.2 Å². The number of aromatic nitrogens is 1. The molecule has 0 radical (unpaired) electrons. The van der Waals surface area contributed by atoms with Gasteiger partial charge in [-0.2, -0.15) is 0 Å². The van der Waals surface area contributed by atoms with Gasteiger partial charge in [0.05, 0.1) is 4.47 Å². The molecule has 0 aliphatic rings. The molecule has 0 saturated heterocycles. The van der Waals surface area contributed by atoms with Gasteiger partial charge >= 0.3 is 0 Å². The Balaban J connectivity index is 2.26. The lowest BCUT2D eigenvalue weighted by Gasteiger charge is -2.08. The van der Waals surface area contributed by atoms with E-state index >= 15 is 0 Å². The highest BCUT2D eigenvalue weighted by Crippen LogP contribution is 2.31. The zero-order valence-electron chi connectivity index (χ0n) is 9.16. The maximum Gasteiger partial charge on any atom is 0.233 e. The predicted octanol–water partition coefficient (Wildman–Crippen LogP) is 4.51. The van der Waals surface area contributed by atoms with Gasteiger partial charge in [-0.05, 0) is 55.6 Å². The first kappa shape index (κ1) is 13.8. The summed E-state index contributed by atoms with van der Waals surface area (Å²) >= 11 is 12.8. The van der Waals surface area contributed by atoms with E-state index in [4.69, 9.17) is 22.1 Å². The van der Waals surface area contributed by atoms with E-state index in [2.05, 4.69) is 36.8 Å². The SMILES string of the molecule is NCc1ccc(Oc2ncc(Br)cc2Br)cc1Cl. The van der Waals surface area contributed by atoms with Crippen LogP contribution in [0.2, 0.25) is 5.02 Å². The molecule has 0 aliphatic heterocycles. The van der Waals surface area contributed by atoms with Crippen LogP contribution in [0.4, 0.5) is 0 Å². The van der Waals surface area contributed by atoms with Gasteiger partial charge in [0.15, 0.2) is 0 Å². The third-order valence-electron chi connectivity index (χ3n) is 2.23. The summed E-state index contributed by atoms with van der Waals surface area (Å²) in [4.78, 5) is 4.16. The minimum Gasteiger partial charge on any atom is -0.438 e. The summed E-state index contributed by atoms with van der Waals surface area (Å²) in [5.41, 5.74) is 6.43. The molecule has 1 aromatic carbocycles. The number of halogens is 3. The number of hydrogen-bond acceptors (Lipinski definition) is 3. The number of pyridine rings is 1. The van der Waals surface area contributed by atoms with E-state index in [1.54, 1.807) is 12.3 Å². The quantitative estimate of drug-likeness (QED) is 0.836. The van der Waals surface area contributed by atoms with Crippen molar-refractivity contribution in [1.29, 1.82) is 0 Å².